The molecule has 21 heavy (non-hydrogen) atoms. The standard InChI is InChI=1S/C17H31N3S/c1-6-18-16-14(8-7-9-17(16,3)4)10-20(5)11-15-13(2)19-12-21-15/h12,14,16,18H,6-11H2,1-5H3. The average Bonchev–Trinajstić information content (AvgIpc) is 2.79. The fraction of sp³-hybridized carbons (Fsp3) is 0.824. The van der Waals surface area contributed by atoms with Crippen molar-refractivity contribution in [3.05, 3.63) is 16.1 Å². The van der Waals surface area contributed by atoms with Crippen molar-refractivity contribution in [2.24, 2.45) is 11.3 Å². The van der Waals surface area contributed by atoms with Crippen molar-refractivity contribution >= 4 is 11.3 Å². The van der Waals surface area contributed by atoms with E-state index in [0.717, 1.165) is 19.0 Å². The molecular formula is C17H31N3S. The molecule has 120 valence electrons. The fourth-order valence-electron chi connectivity index (χ4n) is 3.83. The summed E-state index contributed by atoms with van der Waals surface area (Å²) in [5, 5.41) is 3.76. The number of thiazole rings is 1. The number of nitrogens with one attached hydrogen (secondary N) is 1. The highest BCUT2D eigenvalue weighted by Crippen LogP contribution is 2.39. The van der Waals surface area contributed by atoms with Gasteiger partial charge in [-0.3, -0.25) is 0 Å². The maximum atomic E-state index is 4.36. The third-order valence-electron chi connectivity index (χ3n) is 4.94. The van der Waals surface area contributed by atoms with Gasteiger partial charge >= 0.3 is 0 Å². The molecule has 3 nitrogen and oxygen atoms in total. The zero-order valence-electron chi connectivity index (χ0n) is 14.3. The van der Waals surface area contributed by atoms with E-state index >= 15 is 0 Å². The predicted octanol–water partition coefficient (Wildman–Crippen LogP) is 3.69. The van der Waals surface area contributed by atoms with Gasteiger partial charge in [-0.2, -0.15) is 0 Å². The monoisotopic (exact) mass is 309 g/mol. The molecule has 0 bridgehead atoms. The average molecular weight is 310 g/mol. The SMILES string of the molecule is CCNC1C(CN(C)Cc2scnc2C)CCCC1(C)C. The van der Waals surface area contributed by atoms with E-state index in [4.69, 9.17) is 0 Å². The maximum absolute atomic E-state index is 4.36. The first-order chi connectivity index (χ1) is 9.94. The molecule has 0 radical (unpaired) electrons. The quantitative estimate of drug-likeness (QED) is 0.868. The minimum Gasteiger partial charge on any atom is -0.313 e. The lowest BCUT2D eigenvalue weighted by atomic mass is 9.67. The number of nitrogens with zero attached hydrogens (tertiary/aromatic N) is 2. The Labute approximate surface area is 134 Å². The van der Waals surface area contributed by atoms with Crippen molar-refractivity contribution in [2.45, 2.75) is 59.5 Å². The van der Waals surface area contributed by atoms with Crippen LogP contribution in [-0.4, -0.2) is 36.1 Å². The van der Waals surface area contributed by atoms with E-state index < -0.39 is 0 Å². The van der Waals surface area contributed by atoms with E-state index in [-0.39, 0.29) is 0 Å². The smallest absolute Gasteiger partial charge is 0.0798 e. The molecule has 2 atom stereocenters. The van der Waals surface area contributed by atoms with Crippen molar-refractivity contribution in [3.8, 4) is 0 Å². The summed E-state index contributed by atoms with van der Waals surface area (Å²) in [5.41, 5.74) is 3.57. The molecule has 1 aliphatic rings. The van der Waals surface area contributed by atoms with Crippen molar-refractivity contribution in [3.63, 3.8) is 0 Å². The van der Waals surface area contributed by atoms with Gasteiger partial charge < -0.3 is 10.2 Å². The highest BCUT2D eigenvalue weighted by molar-refractivity contribution is 7.09. The summed E-state index contributed by atoms with van der Waals surface area (Å²) < 4.78 is 0. The van der Waals surface area contributed by atoms with Gasteiger partial charge in [-0.1, -0.05) is 27.2 Å². The molecule has 0 aliphatic heterocycles. The Morgan fingerprint density at radius 1 is 1.48 bits per heavy atom. The third-order valence-corrected chi connectivity index (χ3v) is 5.86. The molecular weight excluding hydrogens is 278 g/mol. The minimum atomic E-state index is 0.417. The van der Waals surface area contributed by atoms with Crippen molar-refractivity contribution in [1.29, 1.82) is 0 Å². The molecule has 1 N–H and O–H groups in total. The largest absolute Gasteiger partial charge is 0.313 e. The van der Waals surface area contributed by atoms with E-state index in [2.05, 4.69) is 49.9 Å². The van der Waals surface area contributed by atoms with Crippen LogP contribution in [0.1, 0.15) is 50.6 Å². The summed E-state index contributed by atoms with van der Waals surface area (Å²) in [6.07, 6.45) is 4.07. The molecule has 0 spiro atoms. The van der Waals surface area contributed by atoms with Gasteiger partial charge in [-0.15, -0.1) is 11.3 Å². The lowest BCUT2D eigenvalue weighted by Crippen LogP contribution is -2.52. The Balaban J connectivity index is 1.97. The molecule has 2 unspecified atom stereocenters. The van der Waals surface area contributed by atoms with Gasteiger partial charge in [-0.05, 0) is 44.7 Å². The molecule has 0 amide bonds. The topological polar surface area (TPSA) is 28.2 Å². The number of aromatic nitrogens is 1. The van der Waals surface area contributed by atoms with Gasteiger partial charge in [0, 0.05) is 24.0 Å². The van der Waals surface area contributed by atoms with E-state index in [1.165, 1.54) is 36.4 Å². The van der Waals surface area contributed by atoms with Gasteiger partial charge in [0.15, 0.2) is 0 Å². The summed E-state index contributed by atoms with van der Waals surface area (Å²) in [6, 6.07) is 0.640. The molecule has 1 aliphatic carbocycles. The lowest BCUT2D eigenvalue weighted by Gasteiger charge is -2.45. The van der Waals surface area contributed by atoms with Gasteiger partial charge in [0.2, 0.25) is 0 Å². The first-order valence-corrected chi connectivity index (χ1v) is 9.13. The van der Waals surface area contributed by atoms with Crippen LogP contribution in [-0.2, 0) is 6.54 Å². The molecule has 0 saturated heterocycles. The molecule has 0 aromatic carbocycles. The highest BCUT2D eigenvalue weighted by Gasteiger charge is 2.38. The van der Waals surface area contributed by atoms with E-state index in [1.807, 2.05) is 5.51 Å². The molecule has 1 aromatic rings. The normalized spacial score (nSPS) is 25.4. The number of hydrogen-bond acceptors (Lipinski definition) is 4. The summed E-state index contributed by atoms with van der Waals surface area (Å²) in [4.78, 5) is 8.26. The Bertz CT molecular complexity index is 441. The van der Waals surface area contributed by atoms with Gasteiger partial charge in [-0.25, -0.2) is 4.98 Å². The first-order valence-electron chi connectivity index (χ1n) is 8.25. The van der Waals surface area contributed by atoms with Crippen LogP contribution in [0.25, 0.3) is 0 Å². The van der Waals surface area contributed by atoms with Crippen molar-refractivity contribution in [1.82, 2.24) is 15.2 Å². The number of rotatable bonds is 6. The van der Waals surface area contributed by atoms with Crippen LogP contribution in [0.15, 0.2) is 5.51 Å². The van der Waals surface area contributed by atoms with Gasteiger partial charge in [0.25, 0.3) is 0 Å². The molecule has 1 aromatic heterocycles. The Morgan fingerprint density at radius 3 is 2.86 bits per heavy atom. The second-order valence-electron chi connectivity index (χ2n) is 7.23. The zero-order chi connectivity index (χ0) is 15.5. The lowest BCUT2D eigenvalue weighted by molar-refractivity contribution is 0.0850. The Kier molecular flexibility index (Phi) is 5.81. The van der Waals surface area contributed by atoms with E-state index in [9.17, 15) is 0 Å². The summed E-state index contributed by atoms with van der Waals surface area (Å²) in [6.45, 7) is 12.5. The van der Waals surface area contributed by atoms with Crippen LogP contribution < -0.4 is 5.32 Å². The van der Waals surface area contributed by atoms with Gasteiger partial charge in [0.1, 0.15) is 0 Å². The summed E-state index contributed by atoms with van der Waals surface area (Å²) >= 11 is 1.78. The third kappa shape index (κ3) is 4.27. The summed E-state index contributed by atoms with van der Waals surface area (Å²) in [5.74, 6) is 0.756. The van der Waals surface area contributed by atoms with Gasteiger partial charge in [0.05, 0.1) is 11.2 Å². The van der Waals surface area contributed by atoms with Crippen LogP contribution in [0, 0.1) is 18.3 Å². The predicted molar refractivity (Wildman–Crippen MR) is 91.8 cm³/mol. The highest BCUT2D eigenvalue weighted by atomic mass is 32.1. The van der Waals surface area contributed by atoms with Crippen LogP contribution in [0.5, 0.6) is 0 Å². The van der Waals surface area contributed by atoms with E-state index in [1.54, 1.807) is 11.3 Å². The number of aryl methyl sites for hydroxylation is 1. The zero-order valence-corrected chi connectivity index (χ0v) is 15.1. The van der Waals surface area contributed by atoms with Crippen LogP contribution in [0.4, 0.5) is 0 Å². The molecule has 2 rings (SSSR count). The Hall–Kier alpha value is -0.450. The minimum absolute atomic E-state index is 0.417. The second kappa shape index (κ2) is 7.21. The van der Waals surface area contributed by atoms with Crippen LogP contribution >= 0.6 is 11.3 Å². The Morgan fingerprint density at radius 2 is 2.24 bits per heavy atom. The molecule has 1 heterocycles. The molecule has 1 saturated carbocycles. The second-order valence-corrected chi connectivity index (χ2v) is 8.17. The van der Waals surface area contributed by atoms with Crippen LogP contribution in [0.2, 0.25) is 0 Å². The van der Waals surface area contributed by atoms with Crippen LogP contribution in [0.3, 0.4) is 0 Å². The van der Waals surface area contributed by atoms with Crippen molar-refractivity contribution in [2.75, 3.05) is 20.1 Å². The van der Waals surface area contributed by atoms with Crippen molar-refractivity contribution < 1.29 is 0 Å². The molecule has 4 heteroatoms. The fourth-order valence-corrected chi connectivity index (χ4v) is 4.68. The summed E-state index contributed by atoms with van der Waals surface area (Å²) in [7, 11) is 2.25. The molecule has 1 fully saturated rings. The first kappa shape index (κ1) is 16.9. The number of hydrogen-bond donors (Lipinski definition) is 1. The van der Waals surface area contributed by atoms with E-state index in [0.29, 0.717) is 11.5 Å². The maximum Gasteiger partial charge on any atom is 0.0798 e.